The summed E-state index contributed by atoms with van der Waals surface area (Å²) in [5, 5.41) is 3.21. The summed E-state index contributed by atoms with van der Waals surface area (Å²) in [6.07, 6.45) is 5.88. The molecule has 0 spiro atoms. The first-order valence-corrected chi connectivity index (χ1v) is 5.45. The number of nitrogens with zero attached hydrogens (tertiary/aromatic N) is 1. The minimum atomic E-state index is 0.734. The molecule has 14 heavy (non-hydrogen) atoms. The van der Waals surface area contributed by atoms with Gasteiger partial charge in [0.2, 0.25) is 0 Å². The second-order valence-corrected chi connectivity index (χ2v) is 4.18. The third-order valence-corrected chi connectivity index (χ3v) is 3.14. The summed E-state index contributed by atoms with van der Waals surface area (Å²) in [6.45, 7) is 1.15. The van der Waals surface area contributed by atoms with E-state index < -0.39 is 0 Å². The number of nitrogens with one attached hydrogen (secondary N) is 1. The van der Waals surface area contributed by atoms with Crippen LogP contribution in [0.2, 0.25) is 0 Å². The van der Waals surface area contributed by atoms with Gasteiger partial charge in [0.25, 0.3) is 0 Å². The van der Waals surface area contributed by atoms with Crippen molar-refractivity contribution in [2.75, 3.05) is 13.6 Å². The molecule has 1 aliphatic carbocycles. The lowest BCUT2D eigenvalue weighted by Crippen LogP contribution is -2.25. The lowest BCUT2D eigenvalue weighted by Gasteiger charge is -2.35. The van der Waals surface area contributed by atoms with E-state index in [9.17, 15) is 0 Å². The summed E-state index contributed by atoms with van der Waals surface area (Å²) in [4.78, 5) is 4.40. The van der Waals surface area contributed by atoms with Crippen molar-refractivity contribution in [2.45, 2.75) is 25.2 Å². The first-order chi connectivity index (χ1) is 6.90. The summed E-state index contributed by atoms with van der Waals surface area (Å²) in [5.74, 6) is 1.66. The van der Waals surface area contributed by atoms with Crippen LogP contribution in [0.15, 0.2) is 24.4 Å². The monoisotopic (exact) mass is 190 g/mol. The molecule has 1 aromatic heterocycles. The van der Waals surface area contributed by atoms with Crippen LogP contribution in [-0.2, 0) is 0 Å². The molecule has 1 saturated carbocycles. The summed E-state index contributed by atoms with van der Waals surface area (Å²) in [6, 6.07) is 6.23. The molecule has 2 heteroatoms. The first-order valence-electron chi connectivity index (χ1n) is 5.45. The third kappa shape index (κ3) is 2.13. The van der Waals surface area contributed by atoms with Gasteiger partial charge in [0.15, 0.2) is 0 Å². The zero-order chi connectivity index (χ0) is 9.80. The molecule has 0 aliphatic heterocycles. The zero-order valence-corrected chi connectivity index (χ0v) is 8.74. The van der Waals surface area contributed by atoms with Crippen LogP contribution in [0.3, 0.4) is 0 Å². The molecular weight excluding hydrogens is 172 g/mol. The van der Waals surface area contributed by atoms with E-state index in [1.807, 2.05) is 19.3 Å². The molecular formula is C12H18N2. The lowest BCUT2D eigenvalue weighted by atomic mass is 9.71. The second-order valence-electron chi connectivity index (χ2n) is 4.18. The first kappa shape index (κ1) is 9.66. The molecule has 1 aliphatic rings. The average molecular weight is 190 g/mol. The van der Waals surface area contributed by atoms with Gasteiger partial charge < -0.3 is 5.32 Å². The molecule has 2 rings (SSSR count). The van der Waals surface area contributed by atoms with Gasteiger partial charge in [-0.05, 0) is 50.9 Å². The van der Waals surface area contributed by atoms with Gasteiger partial charge in [-0.1, -0.05) is 6.07 Å². The van der Waals surface area contributed by atoms with Gasteiger partial charge in [-0.25, -0.2) is 0 Å². The number of hydrogen-bond acceptors (Lipinski definition) is 2. The SMILES string of the molecule is CNCCC1CC(c2ccccn2)C1. The lowest BCUT2D eigenvalue weighted by molar-refractivity contribution is 0.243. The molecule has 0 saturated heterocycles. The van der Waals surface area contributed by atoms with E-state index in [-0.39, 0.29) is 0 Å². The molecule has 0 bridgehead atoms. The van der Waals surface area contributed by atoms with Gasteiger partial charge in [-0.15, -0.1) is 0 Å². The maximum absolute atomic E-state index is 4.40. The Bertz CT molecular complexity index is 265. The van der Waals surface area contributed by atoms with E-state index in [0.717, 1.165) is 18.4 Å². The molecule has 1 fully saturated rings. The van der Waals surface area contributed by atoms with Crippen molar-refractivity contribution in [3.05, 3.63) is 30.1 Å². The molecule has 76 valence electrons. The van der Waals surface area contributed by atoms with Crippen molar-refractivity contribution < 1.29 is 0 Å². The van der Waals surface area contributed by atoms with Crippen LogP contribution in [0.4, 0.5) is 0 Å². The molecule has 2 nitrogen and oxygen atoms in total. The topological polar surface area (TPSA) is 24.9 Å². The van der Waals surface area contributed by atoms with E-state index >= 15 is 0 Å². The number of hydrogen-bond donors (Lipinski definition) is 1. The van der Waals surface area contributed by atoms with Gasteiger partial charge in [0.1, 0.15) is 0 Å². The highest BCUT2D eigenvalue weighted by Gasteiger charge is 2.30. The van der Waals surface area contributed by atoms with Crippen molar-refractivity contribution >= 4 is 0 Å². The third-order valence-electron chi connectivity index (χ3n) is 3.14. The average Bonchev–Trinajstić information content (AvgIpc) is 2.17. The zero-order valence-electron chi connectivity index (χ0n) is 8.74. The van der Waals surface area contributed by atoms with Crippen LogP contribution in [-0.4, -0.2) is 18.6 Å². The van der Waals surface area contributed by atoms with E-state index in [4.69, 9.17) is 0 Å². The minimum Gasteiger partial charge on any atom is -0.320 e. The minimum absolute atomic E-state index is 0.734. The summed E-state index contributed by atoms with van der Waals surface area (Å²) < 4.78 is 0. The fourth-order valence-corrected chi connectivity index (χ4v) is 2.18. The number of aromatic nitrogens is 1. The maximum Gasteiger partial charge on any atom is 0.0434 e. The predicted octanol–water partition coefficient (Wildman–Crippen LogP) is 2.18. The Balaban J connectivity index is 1.78. The van der Waals surface area contributed by atoms with Gasteiger partial charge in [0, 0.05) is 17.8 Å². The number of rotatable bonds is 4. The van der Waals surface area contributed by atoms with Crippen LogP contribution in [0.25, 0.3) is 0 Å². The Morgan fingerprint density at radius 2 is 2.29 bits per heavy atom. The van der Waals surface area contributed by atoms with Crippen molar-refractivity contribution in [3.8, 4) is 0 Å². The fourth-order valence-electron chi connectivity index (χ4n) is 2.18. The maximum atomic E-state index is 4.40. The van der Waals surface area contributed by atoms with Crippen molar-refractivity contribution in [1.29, 1.82) is 0 Å². The molecule has 1 heterocycles. The van der Waals surface area contributed by atoms with E-state index in [1.165, 1.54) is 25.0 Å². The molecule has 0 radical (unpaired) electrons. The molecule has 1 N–H and O–H groups in total. The molecule has 0 atom stereocenters. The molecule has 1 aromatic rings. The highest BCUT2D eigenvalue weighted by atomic mass is 14.8. The number of pyridine rings is 1. The van der Waals surface area contributed by atoms with Crippen molar-refractivity contribution in [3.63, 3.8) is 0 Å². The Kier molecular flexibility index (Phi) is 3.14. The quantitative estimate of drug-likeness (QED) is 0.787. The van der Waals surface area contributed by atoms with Crippen LogP contribution in [0, 0.1) is 5.92 Å². The highest BCUT2D eigenvalue weighted by molar-refractivity contribution is 5.13. The summed E-state index contributed by atoms with van der Waals surface area (Å²) >= 11 is 0. The summed E-state index contributed by atoms with van der Waals surface area (Å²) in [7, 11) is 2.02. The predicted molar refractivity (Wildman–Crippen MR) is 58.2 cm³/mol. The smallest absolute Gasteiger partial charge is 0.0434 e. The largest absolute Gasteiger partial charge is 0.320 e. The van der Waals surface area contributed by atoms with E-state index in [1.54, 1.807) is 0 Å². The summed E-state index contributed by atoms with van der Waals surface area (Å²) in [5.41, 5.74) is 1.29. The van der Waals surface area contributed by atoms with Gasteiger partial charge in [-0.2, -0.15) is 0 Å². The van der Waals surface area contributed by atoms with Crippen LogP contribution in [0.5, 0.6) is 0 Å². The normalized spacial score (nSPS) is 25.8. The van der Waals surface area contributed by atoms with Crippen LogP contribution >= 0.6 is 0 Å². The van der Waals surface area contributed by atoms with Crippen LogP contribution in [0.1, 0.15) is 30.9 Å². The van der Waals surface area contributed by atoms with Gasteiger partial charge in [0.05, 0.1) is 0 Å². The highest BCUT2D eigenvalue weighted by Crippen LogP contribution is 2.42. The standard InChI is InChI=1S/C12H18N2/c1-13-7-5-10-8-11(9-10)12-4-2-3-6-14-12/h2-4,6,10-11,13H,5,7-9H2,1H3. The second kappa shape index (κ2) is 4.56. The molecule has 0 amide bonds. The molecule has 0 unspecified atom stereocenters. The van der Waals surface area contributed by atoms with Crippen molar-refractivity contribution in [1.82, 2.24) is 10.3 Å². The van der Waals surface area contributed by atoms with Gasteiger partial charge in [-0.3, -0.25) is 4.98 Å². The Morgan fingerprint density at radius 1 is 1.43 bits per heavy atom. The Morgan fingerprint density at radius 3 is 2.93 bits per heavy atom. The van der Waals surface area contributed by atoms with Gasteiger partial charge >= 0.3 is 0 Å². The van der Waals surface area contributed by atoms with Crippen molar-refractivity contribution in [2.24, 2.45) is 5.92 Å². The molecule has 0 aromatic carbocycles. The Labute approximate surface area is 85.7 Å². The Hall–Kier alpha value is -0.890. The fraction of sp³-hybridized carbons (Fsp3) is 0.583. The van der Waals surface area contributed by atoms with E-state index in [0.29, 0.717) is 0 Å². The van der Waals surface area contributed by atoms with E-state index in [2.05, 4.69) is 22.4 Å². The van der Waals surface area contributed by atoms with Crippen LogP contribution < -0.4 is 5.32 Å².